The average Bonchev–Trinajstić information content (AvgIpc) is 2.86. The molecule has 1 aliphatic rings. The van der Waals surface area contributed by atoms with Gasteiger partial charge in [-0.15, -0.1) is 0 Å². The fraction of sp³-hybridized carbons (Fsp3) is 0.700. The second-order valence-electron chi connectivity index (χ2n) is 6.59. The van der Waals surface area contributed by atoms with Crippen molar-refractivity contribution < 1.29 is 0 Å². The molecule has 0 aromatic heterocycles. The van der Waals surface area contributed by atoms with Crippen LogP contribution >= 0.6 is 0 Å². The maximum absolute atomic E-state index is 2.72. The predicted octanol–water partition coefficient (Wildman–Crippen LogP) is 5.97. The Kier molecular flexibility index (Phi) is 7.12. The number of fused-ring (bicyclic) bond motifs is 1. The molecule has 0 aliphatic carbocycles. The van der Waals surface area contributed by atoms with Crippen molar-refractivity contribution in [3.63, 3.8) is 0 Å². The summed E-state index contributed by atoms with van der Waals surface area (Å²) < 4.78 is 0. The van der Waals surface area contributed by atoms with Crippen LogP contribution in [0.25, 0.3) is 0 Å². The third-order valence-electron chi connectivity index (χ3n) is 4.84. The highest BCUT2D eigenvalue weighted by atomic mass is 15.2. The molecule has 0 saturated heterocycles. The van der Waals surface area contributed by atoms with Crippen LogP contribution in [0, 0.1) is 0 Å². The first-order valence-corrected chi connectivity index (χ1v) is 9.21. The van der Waals surface area contributed by atoms with E-state index in [4.69, 9.17) is 0 Å². The minimum absolute atomic E-state index is 0.765. The first kappa shape index (κ1) is 16.4. The number of anilines is 1. The first-order valence-electron chi connectivity index (χ1n) is 9.21. The van der Waals surface area contributed by atoms with Crippen LogP contribution in [0.3, 0.4) is 0 Å². The monoisotopic (exact) mass is 287 g/mol. The third-order valence-corrected chi connectivity index (χ3v) is 4.84. The second kappa shape index (κ2) is 9.12. The lowest BCUT2D eigenvalue weighted by atomic mass is 10.0. The van der Waals surface area contributed by atoms with Gasteiger partial charge in [-0.05, 0) is 30.9 Å². The minimum Gasteiger partial charge on any atom is -0.368 e. The molecule has 1 nitrogen and oxygen atoms in total. The number of hydrogen-bond acceptors (Lipinski definition) is 1. The van der Waals surface area contributed by atoms with E-state index in [2.05, 4.69) is 43.0 Å². The van der Waals surface area contributed by atoms with Crippen molar-refractivity contribution in [1.82, 2.24) is 0 Å². The van der Waals surface area contributed by atoms with Gasteiger partial charge >= 0.3 is 0 Å². The molecule has 1 heteroatoms. The molecule has 0 spiro atoms. The fourth-order valence-electron chi connectivity index (χ4n) is 3.60. The normalized spacial score (nSPS) is 17.2. The number of para-hydroxylation sites is 1. The van der Waals surface area contributed by atoms with Crippen LogP contribution < -0.4 is 4.90 Å². The van der Waals surface area contributed by atoms with Gasteiger partial charge in [0.1, 0.15) is 0 Å². The lowest BCUT2D eigenvalue weighted by Gasteiger charge is -2.28. The zero-order chi connectivity index (χ0) is 14.9. The summed E-state index contributed by atoms with van der Waals surface area (Å²) >= 11 is 0. The Labute approximate surface area is 131 Å². The SMILES string of the molecule is CCCCCCC1Cc2ccccc2N1CCCCCC. The van der Waals surface area contributed by atoms with E-state index in [0.29, 0.717) is 0 Å². The van der Waals surface area contributed by atoms with Crippen LogP contribution in [0.15, 0.2) is 24.3 Å². The molecule has 1 aromatic rings. The summed E-state index contributed by atoms with van der Waals surface area (Å²) in [6, 6.07) is 9.84. The number of nitrogens with zero attached hydrogens (tertiary/aromatic N) is 1. The Bertz CT molecular complexity index is 399. The second-order valence-corrected chi connectivity index (χ2v) is 6.59. The molecule has 1 aliphatic heterocycles. The number of rotatable bonds is 10. The van der Waals surface area contributed by atoms with E-state index in [9.17, 15) is 0 Å². The van der Waals surface area contributed by atoms with Gasteiger partial charge in [0.05, 0.1) is 0 Å². The summed E-state index contributed by atoms with van der Waals surface area (Å²) in [6.07, 6.45) is 13.7. The molecule has 0 fully saturated rings. The van der Waals surface area contributed by atoms with Crippen LogP contribution in [0.2, 0.25) is 0 Å². The Morgan fingerprint density at radius 2 is 1.62 bits per heavy atom. The minimum atomic E-state index is 0.765. The molecule has 0 bridgehead atoms. The van der Waals surface area contributed by atoms with E-state index < -0.39 is 0 Å². The molecule has 2 rings (SSSR count). The van der Waals surface area contributed by atoms with Gasteiger partial charge in [-0.25, -0.2) is 0 Å². The lowest BCUT2D eigenvalue weighted by molar-refractivity contribution is 0.516. The van der Waals surface area contributed by atoms with Crippen molar-refractivity contribution in [3.8, 4) is 0 Å². The molecule has 1 atom stereocenters. The molecular weight excluding hydrogens is 254 g/mol. The molecule has 0 amide bonds. The first-order chi connectivity index (χ1) is 10.4. The molecule has 0 N–H and O–H groups in total. The summed E-state index contributed by atoms with van der Waals surface area (Å²) in [5, 5.41) is 0. The van der Waals surface area contributed by atoms with E-state index in [1.54, 1.807) is 5.56 Å². The van der Waals surface area contributed by atoms with Gasteiger partial charge < -0.3 is 4.90 Å². The van der Waals surface area contributed by atoms with Crippen molar-refractivity contribution in [2.75, 3.05) is 11.4 Å². The van der Waals surface area contributed by atoms with Gasteiger partial charge in [0.15, 0.2) is 0 Å². The van der Waals surface area contributed by atoms with Crippen LogP contribution in [0.5, 0.6) is 0 Å². The molecule has 0 saturated carbocycles. The van der Waals surface area contributed by atoms with Crippen LogP contribution in [0.1, 0.15) is 77.2 Å². The fourth-order valence-corrected chi connectivity index (χ4v) is 3.60. The molecule has 1 aromatic carbocycles. The molecular formula is C20H33N. The standard InChI is InChI=1S/C20H33N/c1-3-5-7-9-14-19-17-18-13-10-11-15-20(18)21(19)16-12-8-6-4-2/h10-11,13,15,19H,3-9,12,14,16-17H2,1-2H3. The van der Waals surface area contributed by atoms with Gasteiger partial charge in [-0.1, -0.05) is 77.0 Å². The van der Waals surface area contributed by atoms with Crippen molar-refractivity contribution in [3.05, 3.63) is 29.8 Å². The highest BCUT2D eigenvalue weighted by Crippen LogP contribution is 2.34. The zero-order valence-electron chi connectivity index (χ0n) is 14.1. The van der Waals surface area contributed by atoms with Crippen LogP contribution in [0.4, 0.5) is 5.69 Å². The molecule has 1 heterocycles. The van der Waals surface area contributed by atoms with Gasteiger partial charge in [0.25, 0.3) is 0 Å². The molecule has 1 unspecified atom stereocenters. The zero-order valence-corrected chi connectivity index (χ0v) is 14.1. The summed E-state index contributed by atoms with van der Waals surface area (Å²) in [7, 11) is 0. The van der Waals surface area contributed by atoms with Gasteiger partial charge in [0, 0.05) is 18.3 Å². The Balaban J connectivity index is 1.89. The number of benzene rings is 1. The van der Waals surface area contributed by atoms with Crippen molar-refractivity contribution in [1.29, 1.82) is 0 Å². The maximum Gasteiger partial charge on any atom is 0.0402 e. The topological polar surface area (TPSA) is 3.24 Å². The summed E-state index contributed by atoms with van der Waals surface area (Å²) in [5.74, 6) is 0. The third kappa shape index (κ3) is 4.76. The van der Waals surface area contributed by atoms with Crippen molar-refractivity contribution in [2.45, 2.75) is 84.1 Å². The number of unbranched alkanes of at least 4 members (excludes halogenated alkanes) is 6. The lowest BCUT2D eigenvalue weighted by Crippen LogP contribution is -2.32. The molecule has 118 valence electrons. The average molecular weight is 287 g/mol. The number of hydrogen-bond donors (Lipinski definition) is 0. The largest absolute Gasteiger partial charge is 0.368 e. The highest BCUT2D eigenvalue weighted by Gasteiger charge is 2.27. The van der Waals surface area contributed by atoms with E-state index in [-0.39, 0.29) is 0 Å². The molecule has 21 heavy (non-hydrogen) atoms. The van der Waals surface area contributed by atoms with Gasteiger partial charge in [0.2, 0.25) is 0 Å². The van der Waals surface area contributed by atoms with Gasteiger partial charge in [-0.2, -0.15) is 0 Å². The van der Waals surface area contributed by atoms with Crippen LogP contribution in [-0.4, -0.2) is 12.6 Å². The van der Waals surface area contributed by atoms with E-state index in [1.807, 2.05) is 0 Å². The summed E-state index contributed by atoms with van der Waals surface area (Å²) in [6.45, 7) is 5.85. The van der Waals surface area contributed by atoms with E-state index >= 15 is 0 Å². The smallest absolute Gasteiger partial charge is 0.0402 e. The van der Waals surface area contributed by atoms with Crippen LogP contribution in [-0.2, 0) is 6.42 Å². The van der Waals surface area contributed by atoms with Gasteiger partial charge in [-0.3, -0.25) is 0 Å². The summed E-state index contributed by atoms with van der Waals surface area (Å²) in [4.78, 5) is 2.72. The quantitative estimate of drug-likeness (QED) is 0.479. The Morgan fingerprint density at radius 1 is 0.905 bits per heavy atom. The van der Waals surface area contributed by atoms with Crippen molar-refractivity contribution in [2.24, 2.45) is 0 Å². The maximum atomic E-state index is 2.72. The van der Waals surface area contributed by atoms with E-state index in [1.165, 1.54) is 76.4 Å². The summed E-state index contributed by atoms with van der Waals surface area (Å²) in [5.41, 5.74) is 3.10. The predicted molar refractivity (Wildman–Crippen MR) is 94.2 cm³/mol. The Morgan fingerprint density at radius 3 is 2.38 bits per heavy atom. The Hall–Kier alpha value is -0.980. The van der Waals surface area contributed by atoms with Crippen molar-refractivity contribution >= 4 is 5.69 Å². The van der Waals surface area contributed by atoms with E-state index in [0.717, 1.165) is 6.04 Å². The highest BCUT2D eigenvalue weighted by molar-refractivity contribution is 5.59. The molecule has 0 radical (unpaired) electrons.